The molecule has 0 aromatic heterocycles. The van der Waals surface area contributed by atoms with Gasteiger partial charge in [0.15, 0.2) is 11.9 Å². The van der Waals surface area contributed by atoms with Gasteiger partial charge in [-0.25, -0.2) is 0 Å². The van der Waals surface area contributed by atoms with Crippen molar-refractivity contribution in [2.75, 3.05) is 39.3 Å². The van der Waals surface area contributed by atoms with E-state index in [1.807, 2.05) is 24.0 Å². The minimum atomic E-state index is -2.99. The maximum atomic E-state index is 14.1. The largest absolute Gasteiger partial charge is 0.387 e. The van der Waals surface area contributed by atoms with Gasteiger partial charge in [0.2, 0.25) is 11.8 Å². The highest BCUT2D eigenvalue weighted by molar-refractivity contribution is 14.2. The highest BCUT2D eigenvalue weighted by Gasteiger charge is 2.62. The van der Waals surface area contributed by atoms with E-state index in [2.05, 4.69) is 55.4 Å². The fraction of sp³-hybridized carbons (Fsp3) is 0.700. The number of aliphatic hydroxyl groups is 1. The molecule has 3 aliphatic carbocycles. The van der Waals surface area contributed by atoms with E-state index in [1.165, 1.54) is 4.90 Å². The van der Waals surface area contributed by atoms with Crippen molar-refractivity contribution in [3.63, 3.8) is 0 Å². The first-order chi connectivity index (χ1) is 25.3. The number of nitriles is 1. The Balaban J connectivity index is 1.15. The number of halogens is 4. The van der Waals surface area contributed by atoms with Crippen LogP contribution in [0, 0.1) is 46.5 Å². The predicted molar refractivity (Wildman–Crippen MR) is 223 cm³/mol. The van der Waals surface area contributed by atoms with E-state index in [4.69, 9.17) is 0 Å². The van der Waals surface area contributed by atoms with E-state index in [0.717, 1.165) is 99.3 Å². The van der Waals surface area contributed by atoms with Crippen molar-refractivity contribution >= 4 is 59.1 Å². The predicted octanol–water partition coefficient (Wildman–Crippen LogP) is 6.73. The van der Waals surface area contributed by atoms with Gasteiger partial charge in [0.05, 0.1) is 24.4 Å². The summed E-state index contributed by atoms with van der Waals surface area (Å²) in [5.74, 6) is 0.147. The molecular weight excluding hydrogens is 904 g/mol. The molecule has 1 saturated heterocycles. The van der Waals surface area contributed by atoms with Gasteiger partial charge in [0.1, 0.15) is 0 Å². The third-order valence-corrected chi connectivity index (χ3v) is 14.8. The highest BCUT2D eigenvalue weighted by atomic mass is 127. The molecule has 294 valence electrons. The van der Waals surface area contributed by atoms with E-state index < -0.39 is 48.3 Å². The number of carbonyl (C=O) groups is 2. The third kappa shape index (κ3) is 9.92. The Kier molecular flexibility index (Phi) is 15.0. The van der Waals surface area contributed by atoms with E-state index in [0.29, 0.717) is 36.8 Å². The second-order valence-electron chi connectivity index (χ2n) is 15.5. The molecule has 13 heteroatoms. The number of carbonyl (C=O) groups excluding carboxylic acids is 2. The van der Waals surface area contributed by atoms with Crippen LogP contribution in [0.2, 0.25) is 0 Å². The second-order valence-corrected chi connectivity index (χ2v) is 19.3. The first-order valence-electron chi connectivity index (χ1n) is 19.5. The zero-order chi connectivity index (χ0) is 38.2. The minimum Gasteiger partial charge on any atom is -0.387 e. The fourth-order valence-electron chi connectivity index (χ4n) is 9.68. The topological polar surface area (TPSA) is 121 Å². The molecule has 2 aliphatic heterocycles. The molecule has 6 unspecified atom stereocenters. The zero-order valence-corrected chi connectivity index (χ0v) is 35.8. The number of allylic oxidation sites excluding steroid dienone is 5. The average molecular weight is 963 g/mol. The van der Waals surface area contributed by atoms with Crippen molar-refractivity contribution in [1.82, 2.24) is 25.8 Å². The molecule has 6 atom stereocenters. The normalized spacial score (nSPS) is 30.2. The number of likely N-dealkylation sites (N-methyl/N-ethyl adjacent to an activating group) is 1. The minimum absolute atomic E-state index is 0.0311. The first kappa shape index (κ1) is 42.2. The Labute approximate surface area is 338 Å². The van der Waals surface area contributed by atoms with Crippen LogP contribution in [-0.2, 0) is 9.59 Å². The molecule has 2 fully saturated rings. The van der Waals surface area contributed by atoms with Crippen molar-refractivity contribution in [2.45, 2.75) is 101 Å². The molecule has 4 N–H and O–H groups in total. The van der Waals surface area contributed by atoms with E-state index >= 15 is 0 Å². The number of alkyl halides is 3. The molecule has 5 aliphatic rings. The molecule has 1 saturated carbocycles. The van der Waals surface area contributed by atoms with Crippen molar-refractivity contribution in [1.29, 1.82) is 5.26 Å². The van der Waals surface area contributed by atoms with Gasteiger partial charge in [-0.1, -0.05) is 57.5 Å². The summed E-state index contributed by atoms with van der Waals surface area (Å²) < 4.78 is 29.0. The molecule has 0 bridgehead atoms. The van der Waals surface area contributed by atoms with Crippen molar-refractivity contribution in [3.05, 3.63) is 45.7 Å². The van der Waals surface area contributed by atoms with Crippen LogP contribution >= 0.6 is 43.3 Å². The Morgan fingerprint density at radius 2 is 1.79 bits per heavy atom. The van der Waals surface area contributed by atoms with Crippen LogP contribution < -0.4 is 16.0 Å². The van der Waals surface area contributed by atoms with Crippen LogP contribution in [0.1, 0.15) is 85.0 Å². The molecule has 9 nitrogen and oxygen atoms in total. The standard InChI is InChI=1S/C40H58F2I2N6O3/c1-4-28(46-5-2)25-50(27-45)38(3,53)35-24-44-20-16-32(35)36(51)48-29-17-22-49(23-18-29)21-11-10-19-39(37(52)47-26-40(41,42)43)33-14-8-6-12-30(33)31-13-7-9-15-34(31)39/h4,8-9,14-15,20,24,29-34,46,53H,5-7,10-13,16-19,21-23,25-26H2,1-3H3,(H,47,52)(H,48,51)/b28-4-. The molecule has 0 radical (unpaired) electrons. The quantitative estimate of drug-likeness (QED) is 0.0258. The summed E-state index contributed by atoms with van der Waals surface area (Å²) in [5, 5.41) is 30.9. The fourth-order valence-corrected chi connectivity index (χ4v) is 12.3. The van der Waals surface area contributed by atoms with Crippen LogP contribution in [0.15, 0.2) is 45.7 Å². The van der Waals surface area contributed by atoms with Gasteiger partial charge in [-0.2, -0.15) is 14.0 Å². The van der Waals surface area contributed by atoms with Crippen LogP contribution in [0.4, 0.5) is 8.78 Å². The van der Waals surface area contributed by atoms with Gasteiger partial charge in [-0.15, -0.1) is 0 Å². The number of fused-ring (bicyclic) bond motifs is 3. The van der Waals surface area contributed by atoms with Crippen molar-refractivity contribution in [2.24, 2.45) is 35.0 Å². The van der Waals surface area contributed by atoms with Crippen LogP contribution in [0.25, 0.3) is 0 Å². The molecule has 0 spiro atoms. The Bertz CT molecular complexity index is 1470. The third-order valence-electron chi connectivity index (χ3n) is 12.4. The maximum Gasteiger partial charge on any atom is 0.313 e. The van der Waals surface area contributed by atoms with Crippen molar-refractivity contribution in [3.8, 4) is 6.19 Å². The Hall–Kier alpha value is -1.90. The number of nitrogens with zero attached hydrogens (tertiary/aromatic N) is 3. The summed E-state index contributed by atoms with van der Waals surface area (Å²) in [6.07, 6.45) is 21.7. The van der Waals surface area contributed by atoms with Crippen LogP contribution in [0.5, 0.6) is 0 Å². The maximum absolute atomic E-state index is 14.1. The smallest absolute Gasteiger partial charge is 0.313 e. The van der Waals surface area contributed by atoms with Gasteiger partial charge in [0.25, 0.3) is 0 Å². The lowest BCUT2D eigenvalue weighted by atomic mass is 9.64. The average Bonchev–Trinajstić information content (AvgIpc) is 3.44. The SMILES string of the molecule is C/C=C(/CN(C#N)C(C)(O)C1=CI=CCC1C(=O)NC1CCN(CCCCC2(C(=O)NCC(F)(F)I)C3C=CCCC3C3CCC=CC32)CC1)NCC. The molecular formula is C40H58F2I2N6O3. The van der Waals surface area contributed by atoms with E-state index in [-0.39, 0.29) is 36.2 Å². The number of rotatable bonds is 16. The number of likely N-dealkylation sites (tertiary alicyclic amines) is 1. The summed E-state index contributed by atoms with van der Waals surface area (Å²) >= 11 is 0.684. The number of nitrogens with one attached hydrogen (secondary N) is 3. The van der Waals surface area contributed by atoms with Gasteiger partial charge < -0.3 is 26.0 Å². The van der Waals surface area contributed by atoms with Crippen LogP contribution in [0.3, 0.4) is 0 Å². The molecule has 0 aromatic rings. The van der Waals surface area contributed by atoms with Crippen LogP contribution in [-0.4, -0.2) is 85.7 Å². The Morgan fingerprint density at radius 3 is 2.38 bits per heavy atom. The number of amides is 2. The molecule has 2 amide bonds. The molecule has 5 rings (SSSR count). The summed E-state index contributed by atoms with van der Waals surface area (Å²) in [6, 6.07) is 0.0311. The zero-order valence-electron chi connectivity index (χ0n) is 31.4. The highest BCUT2D eigenvalue weighted by Crippen LogP contribution is 2.62. The van der Waals surface area contributed by atoms with Gasteiger partial charge in [-0.3, -0.25) is 14.5 Å². The lowest BCUT2D eigenvalue weighted by Crippen LogP contribution is -2.52. The van der Waals surface area contributed by atoms with Gasteiger partial charge >= 0.3 is 3.93 Å². The van der Waals surface area contributed by atoms with Crippen molar-refractivity contribution < 1.29 is 23.5 Å². The molecule has 2 heterocycles. The first-order valence-corrected chi connectivity index (χ1v) is 23.1. The summed E-state index contributed by atoms with van der Waals surface area (Å²) in [7, 11) is 0. The lowest BCUT2D eigenvalue weighted by molar-refractivity contribution is -0.136. The molecule has 0 aromatic carbocycles. The monoisotopic (exact) mass is 962 g/mol. The number of hydrogen-bond donors (Lipinski definition) is 4. The lowest BCUT2D eigenvalue weighted by Gasteiger charge is -2.40. The Morgan fingerprint density at radius 1 is 1.13 bits per heavy atom. The number of unbranched alkanes of at least 4 members (excludes halogenated alkanes) is 1. The van der Waals surface area contributed by atoms with Gasteiger partial charge in [0, 0.05) is 59.5 Å². The number of hydrogen-bond acceptors (Lipinski definition) is 7. The van der Waals surface area contributed by atoms with E-state index in [1.54, 1.807) is 6.92 Å². The van der Waals surface area contributed by atoms with Gasteiger partial charge in [-0.05, 0) is 117 Å². The second kappa shape index (κ2) is 18.8. The number of piperidine rings is 1. The van der Waals surface area contributed by atoms with E-state index in [9.17, 15) is 28.7 Å². The molecule has 53 heavy (non-hydrogen) atoms. The summed E-state index contributed by atoms with van der Waals surface area (Å²) in [4.78, 5) is 31.6. The summed E-state index contributed by atoms with van der Waals surface area (Å²) in [6.45, 7) is 8.36. The summed E-state index contributed by atoms with van der Waals surface area (Å²) in [5.41, 5.74) is -0.839.